The summed E-state index contributed by atoms with van der Waals surface area (Å²) in [7, 11) is 1.53. The van der Waals surface area contributed by atoms with Crippen LogP contribution in [0.4, 0.5) is 4.39 Å². The number of aromatic amines is 2. The summed E-state index contributed by atoms with van der Waals surface area (Å²) in [4.78, 5) is 12.4. The van der Waals surface area contributed by atoms with E-state index < -0.39 is 0 Å². The number of nitrogens with one attached hydrogen (secondary N) is 2. The lowest BCUT2D eigenvalue weighted by Gasteiger charge is -2.07. The molecule has 6 aromatic rings. The molecule has 33 heavy (non-hydrogen) atoms. The maximum Gasteiger partial charge on any atom is 0.181 e. The summed E-state index contributed by atoms with van der Waals surface area (Å²) < 4.78 is 19.4. The molecule has 0 radical (unpaired) electrons. The third-order valence-corrected chi connectivity index (χ3v) is 5.72. The minimum absolute atomic E-state index is 0.343. The highest BCUT2D eigenvalue weighted by Crippen LogP contribution is 2.35. The summed E-state index contributed by atoms with van der Waals surface area (Å²) in [5.41, 5.74) is 6.66. The molecule has 7 heteroatoms. The van der Waals surface area contributed by atoms with Crippen LogP contribution in [0.3, 0.4) is 0 Å². The van der Waals surface area contributed by atoms with Gasteiger partial charge in [0, 0.05) is 40.3 Å². The summed E-state index contributed by atoms with van der Waals surface area (Å²) >= 11 is 0. The molecule has 160 valence electrons. The Morgan fingerprint density at radius 1 is 0.879 bits per heavy atom. The van der Waals surface area contributed by atoms with Crippen molar-refractivity contribution in [1.82, 2.24) is 25.1 Å². The van der Waals surface area contributed by atoms with Gasteiger partial charge in [0.1, 0.15) is 11.6 Å². The molecular formula is C26H18FN5O. The number of rotatable bonds is 4. The molecule has 2 aromatic carbocycles. The van der Waals surface area contributed by atoms with Crippen LogP contribution in [0, 0.1) is 5.82 Å². The summed E-state index contributed by atoms with van der Waals surface area (Å²) in [5, 5.41) is 9.34. The molecule has 4 aromatic heterocycles. The van der Waals surface area contributed by atoms with Crippen LogP contribution >= 0.6 is 0 Å². The second-order valence-electron chi connectivity index (χ2n) is 7.74. The van der Waals surface area contributed by atoms with Crippen LogP contribution in [-0.2, 0) is 0 Å². The van der Waals surface area contributed by atoms with Crippen molar-refractivity contribution < 1.29 is 9.13 Å². The standard InChI is InChI=1S/C26H18FN5O/c1-33-18-10-15(9-17(27)12-18)19-5-4-7-23-20(19)13-24(30-23)25-21-11-16(14-29-26(21)32-31-25)22-6-2-3-8-28-22/h2-14,30H,1H3,(H,29,31,32). The first-order valence-corrected chi connectivity index (χ1v) is 10.4. The summed E-state index contributed by atoms with van der Waals surface area (Å²) in [5.74, 6) is 0.134. The number of ether oxygens (including phenoxy) is 1. The highest BCUT2D eigenvalue weighted by molar-refractivity contribution is 6.01. The molecule has 0 spiro atoms. The highest BCUT2D eigenvalue weighted by atomic mass is 19.1. The van der Waals surface area contributed by atoms with Gasteiger partial charge in [-0.15, -0.1) is 0 Å². The van der Waals surface area contributed by atoms with E-state index in [1.54, 1.807) is 12.4 Å². The van der Waals surface area contributed by atoms with Gasteiger partial charge in [-0.1, -0.05) is 18.2 Å². The van der Waals surface area contributed by atoms with E-state index in [1.807, 2.05) is 54.6 Å². The lowest BCUT2D eigenvalue weighted by molar-refractivity contribution is 0.411. The second-order valence-corrected chi connectivity index (χ2v) is 7.74. The van der Waals surface area contributed by atoms with Gasteiger partial charge in [0.15, 0.2) is 5.65 Å². The van der Waals surface area contributed by atoms with E-state index in [4.69, 9.17) is 4.74 Å². The predicted molar refractivity (Wildman–Crippen MR) is 126 cm³/mol. The minimum Gasteiger partial charge on any atom is -0.497 e. The summed E-state index contributed by atoms with van der Waals surface area (Å²) in [6.45, 7) is 0. The van der Waals surface area contributed by atoms with Crippen molar-refractivity contribution in [2.75, 3.05) is 7.11 Å². The third kappa shape index (κ3) is 3.30. The Labute approximate surface area is 188 Å². The molecule has 4 heterocycles. The van der Waals surface area contributed by atoms with Gasteiger partial charge in [0.25, 0.3) is 0 Å². The normalized spacial score (nSPS) is 11.3. The number of pyridine rings is 2. The van der Waals surface area contributed by atoms with Crippen molar-refractivity contribution >= 4 is 21.9 Å². The molecule has 0 fully saturated rings. The van der Waals surface area contributed by atoms with Crippen LogP contribution in [0.5, 0.6) is 5.75 Å². The zero-order chi connectivity index (χ0) is 22.4. The first kappa shape index (κ1) is 19.2. The number of halogens is 1. The lowest BCUT2D eigenvalue weighted by Crippen LogP contribution is -1.87. The van der Waals surface area contributed by atoms with Crippen LogP contribution in [-0.4, -0.2) is 32.3 Å². The van der Waals surface area contributed by atoms with Crippen molar-refractivity contribution in [1.29, 1.82) is 0 Å². The molecule has 6 nitrogen and oxygen atoms in total. The van der Waals surface area contributed by atoms with E-state index in [-0.39, 0.29) is 5.82 Å². The number of nitrogens with zero attached hydrogens (tertiary/aromatic N) is 3. The SMILES string of the molecule is COc1cc(F)cc(-c2cccc3[nH]c(-c4[nH]nc5ncc(-c6ccccn6)cc45)cc23)c1. The van der Waals surface area contributed by atoms with E-state index in [1.165, 1.54) is 19.2 Å². The van der Waals surface area contributed by atoms with Gasteiger partial charge in [-0.2, -0.15) is 5.10 Å². The third-order valence-electron chi connectivity index (χ3n) is 5.72. The molecule has 0 unspecified atom stereocenters. The Morgan fingerprint density at radius 2 is 1.82 bits per heavy atom. The van der Waals surface area contributed by atoms with Crippen molar-refractivity contribution in [3.05, 3.63) is 84.9 Å². The first-order valence-electron chi connectivity index (χ1n) is 10.4. The second kappa shape index (κ2) is 7.56. The number of H-pyrrole nitrogens is 2. The maximum atomic E-state index is 14.2. The zero-order valence-electron chi connectivity index (χ0n) is 17.6. The number of methoxy groups -OCH3 is 1. The molecule has 0 saturated heterocycles. The van der Waals surface area contributed by atoms with Crippen molar-refractivity contribution in [3.8, 4) is 39.5 Å². The quantitative estimate of drug-likeness (QED) is 0.357. The Bertz CT molecular complexity index is 1620. The van der Waals surface area contributed by atoms with Gasteiger partial charge in [0.05, 0.1) is 24.2 Å². The number of hydrogen-bond acceptors (Lipinski definition) is 4. The topological polar surface area (TPSA) is 79.5 Å². The van der Waals surface area contributed by atoms with E-state index in [9.17, 15) is 4.39 Å². The van der Waals surface area contributed by atoms with Gasteiger partial charge in [-0.05, 0) is 53.6 Å². The van der Waals surface area contributed by atoms with Gasteiger partial charge < -0.3 is 9.72 Å². The molecule has 6 rings (SSSR count). The molecular weight excluding hydrogens is 417 g/mol. The summed E-state index contributed by atoms with van der Waals surface area (Å²) in [6, 6.07) is 20.5. The van der Waals surface area contributed by atoms with E-state index in [2.05, 4.69) is 25.1 Å². The molecule has 0 bridgehead atoms. The fourth-order valence-electron chi connectivity index (χ4n) is 4.16. The Morgan fingerprint density at radius 3 is 2.67 bits per heavy atom. The highest BCUT2D eigenvalue weighted by Gasteiger charge is 2.15. The van der Waals surface area contributed by atoms with Crippen molar-refractivity contribution in [3.63, 3.8) is 0 Å². The Balaban J connectivity index is 1.50. The van der Waals surface area contributed by atoms with Gasteiger partial charge >= 0.3 is 0 Å². The van der Waals surface area contributed by atoms with E-state index in [0.29, 0.717) is 11.4 Å². The first-order chi connectivity index (χ1) is 16.2. The number of aromatic nitrogens is 5. The molecule has 0 aliphatic carbocycles. The Kier molecular flexibility index (Phi) is 4.40. The van der Waals surface area contributed by atoms with Crippen LogP contribution in [0.15, 0.2) is 79.1 Å². The van der Waals surface area contributed by atoms with Gasteiger partial charge in [-0.3, -0.25) is 10.1 Å². The van der Waals surface area contributed by atoms with E-state index in [0.717, 1.165) is 50.1 Å². The molecule has 0 aliphatic heterocycles. The number of fused-ring (bicyclic) bond motifs is 2. The van der Waals surface area contributed by atoms with Crippen molar-refractivity contribution in [2.45, 2.75) is 0 Å². The molecule has 2 N–H and O–H groups in total. The fourth-order valence-corrected chi connectivity index (χ4v) is 4.16. The average Bonchev–Trinajstić information content (AvgIpc) is 3.47. The van der Waals surface area contributed by atoms with Crippen LogP contribution in [0.1, 0.15) is 0 Å². The predicted octanol–water partition coefficient (Wildman–Crippen LogP) is 5.98. The maximum absolute atomic E-state index is 14.2. The van der Waals surface area contributed by atoms with Crippen LogP contribution in [0.2, 0.25) is 0 Å². The molecule has 0 atom stereocenters. The van der Waals surface area contributed by atoms with Crippen LogP contribution < -0.4 is 4.74 Å². The van der Waals surface area contributed by atoms with E-state index >= 15 is 0 Å². The number of benzene rings is 2. The Hall–Kier alpha value is -4.52. The lowest BCUT2D eigenvalue weighted by atomic mass is 10.0. The molecule has 0 aliphatic rings. The fraction of sp³-hybridized carbons (Fsp3) is 0.0385. The number of hydrogen-bond donors (Lipinski definition) is 2. The monoisotopic (exact) mass is 435 g/mol. The van der Waals surface area contributed by atoms with Crippen LogP contribution in [0.25, 0.3) is 55.7 Å². The smallest absolute Gasteiger partial charge is 0.181 e. The molecule has 0 amide bonds. The molecule has 0 saturated carbocycles. The minimum atomic E-state index is -0.343. The van der Waals surface area contributed by atoms with Gasteiger partial charge in [-0.25, -0.2) is 9.37 Å². The largest absolute Gasteiger partial charge is 0.497 e. The van der Waals surface area contributed by atoms with Gasteiger partial charge in [0.2, 0.25) is 0 Å². The summed E-state index contributed by atoms with van der Waals surface area (Å²) in [6.07, 6.45) is 3.53. The van der Waals surface area contributed by atoms with Crippen molar-refractivity contribution in [2.24, 2.45) is 0 Å². The zero-order valence-corrected chi connectivity index (χ0v) is 17.6. The average molecular weight is 435 g/mol.